The van der Waals surface area contributed by atoms with E-state index < -0.39 is 0 Å². The van der Waals surface area contributed by atoms with Gasteiger partial charge in [0.2, 0.25) is 0 Å². The summed E-state index contributed by atoms with van der Waals surface area (Å²) in [6.07, 6.45) is 1.79. The second kappa shape index (κ2) is 7.17. The Labute approximate surface area is 153 Å². The predicted octanol–water partition coefficient (Wildman–Crippen LogP) is 4.23. The van der Waals surface area contributed by atoms with Crippen molar-refractivity contribution in [1.82, 2.24) is 19.3 Å². The first-order valence-corrected chi connectivity index (χ1v) is 9.33. The van der Waals surface area contributed by atoms with E-state index in [9.17, 15) is 4.79 Å². The van der Waals surface area contributed by atoms with Gasteiger partial charge in [-0.2, -0.15) is 5.10 Å². The molecule has 0 amide bonds. The second-order valence-electron chi connectivity index (χ2n) is 5.15. The maximum Gasteiger partial charge on any atom is 0.282 e. The Balaban J connectivity index is 2.01. The molecule has 24 heavy (non-hydrogen) atoms. The molecule has 0 saturated heterocycles. The molecule has 0 aliphatic heterocycles. The van der Waals surface area contributed by atoms with Gasteiger partial charge in [0.05, 0.1) is 6.20 Å². The number of aryl methyl sites for hydroxylation is 1. The van der Waals surface area contributed by atoms with E-state index in [4.69, 9.17) is 23.2 Å². The summed E-state index contributed by atoms with van der Waals surface area (Å²) in [5.74, 6) is 0.540. The number of hydrogen-bond acceptors (Lipinski definition) is 4. The Bertz CT molecular complexity index is 931. The summed E-state index contributed by atoms with van der Waals surface area (Å²) < 4.78 is 3.35. The van der Waals surface area contributed by atoms with Gasteiger partial charge in [-0.3, -0.25) is 14.0 Å². The fraction of sp³-hybridized carbons (Fsp3) is 0.312. The van der Waals surface area contributed by atoms with Crippen LogP contribution in [0.1, 0.15) is 19.4 Å². The molecule has 0 spiro atoms. The molecule has 0 saturated carbocycles. The number of benzene rings is 1. The number of rotatable bonds is 5. The molecule has 0 aliphatic carbocycles. The highest BCUT2D eigenvalue weighted by atomic mass is 35.5. The van der Waals surface area contributed by atoms with Gasteiger partial charge in [-0.15, -0.1) is 0 Å². The molecular weight excluding hydrogens is 367 g/mol. The average Bonchev–Trinajstić information content (AvgIpc) is 2.98. The standard InChI is InChI=1S/C16H16Cl2N4OS/c1-3-21-8-13-14(20-21)15(23)22(4-2)16(19-13)24-9-10-11(17)6-5-7-12(10)18/h5-8H,3-4,9H2,1-2H3. The Morgan fingerprint density at radius 1 is 1.17 bits per heavy atom. The van der Waals surface area contributed by atoms with Crippen LogP contribution >= 0.6 is 35.0 Å². The lowest BCUT2D eigenvalue weighted by Crippen LogP contribution is -2.22. The molecule has 0 atom stereocenters. The SMILES string of the molecule is CCn1cc2nc(SCc3c(Cl)cccc3Cl)n(CC)c(=O)c2n1. The number of aromatic nitrogens is 4. The van der Waals surface area contributed by atoms with Crippen LogP contribution in [-0.4, -0.2) is 19.3 Å². The molecule has 2 heterocycles. The molecule has 2 aromatic heterocycles. The van der Waals surface area contributed by atoms with Crippen molar-refractivity contribution >= 4 is 46.0 Å². The summed E-state index contributed by atoms with van der Waals surface area (Å²) in [5.41, 5.74) is 1.73. The minimum Gasteiger partial charge on any atom is -0.286 e. The normalized spacial score (nSPS) is 11.3. The third-order valence-electron chi connectivity index (χ3n) is 3.68. The van der Waals surface area contributed by atoms with Crippen molar-refractivity contribution < 1.29 is 0 Å². The van der Waals surface area contributed by atoms with Crippen molar-refractivity contribution in [3.8, 4) is 0 Å². The number of nitrogens with zero attached hydrogens (tertiary/aromatic N) is 4. The summed E-state index contributed by atoms with van der Waals surface area (Å²) in [6.45, 7) is 5.11. The topological polar surface area (TPSA) is 52.7 Å². The first-order valence-electron chi connectivity index (χ1n) is 7.58. The summed E-state index contributed by atoms with van der Waals surface area (Å²) in [7, 11) is 0. The Morgan fingerprint density at radius 2 is 1.88 bits per heavy atom. The average molecular weight is 383 g/mol. The van der Waals surface area contributed by atoms with E-state index in [2.05, 4.69) is 10.1 Å². The molecule has 1 aromatic carbocycles. The van der Waals surface area contributed by atoms with Crippen LogP contribution in [0.2, 0.25) is 10.0 Å². The highest BCUT2D eigenvalue weighted by Crippen LogP contribution is 2.30. The molecule has 5 nitrogen and oxygen atoms in total. The van der Waals surface area contributed by atoms with E-state index in [1.807, 2.05) is 19.9 Å². The summed E-state index contributed by atoms with van der Waals surface area (Å²) in [5, 5.41) is 6.16. The van der Waals surface area contributed by atoms with E-state index in [1.54, 1.807) is 27.6 Å². The van der Waals surface area contributed by atoms with Gasteiger partial charge in [-0.05, 0) is 31.5 Å². The largest absolute Gasteiger partial charge is 0.286 e. The van der Waals surface area contributed by atoms with E-state index in [0.717, 1.165) is 5.56 Å². The van der Waals surface area contributed by atoms with Crippen LogP contribution in [0.5, 0.6) is 0 Å². The molecule has 0 N–H and O–H groups in total. The Morgan fingerprint density at radius 3 is 2.50 bits per heavy atom. The molecule has 126 valence electrons. The zero-order valence-corrected chi connectivity index (χ0v) is 15.6. The zero-order chi connectivity index (χ0) is 17.3. The second-order valence-corrected chi connectivity index (χ2v) is 6.91. The molecule has 8 heteroatoms. The molecule has 3 rings (SSSR count). The van der Waals surface area contributed by atoms with E-state index in [-0.39, 0.29) is 5.56 Å². The van der Waals surface area contributed by atoms with Crippen LogP contribution in [0.25, 0.3) is 11.0 Å². The maximum atomic E-state index is 12.6. The van der Waals surface area contributed by atoms with E-state index in [1.165, 1.54) is 11.8 Å². The van der Waals surface area contributed by atoms with Crippen LogP contribution in [-0.2, 0) is 18.8 Å². The number of thioether (sulfide) groups is 1. The number of hydrogen-bond donors (Lipinski definition) is 0. The van der Waals surface area contributed by atoms with Gasteiger partial charge in [-0.1, -0.05) is 41.0 Å². The van der Waals surface area contributed by atoms with Crippen molar-refractivity contribution in [3.05, 3.63) is 50.4 Å². The minimum absolute atomic E-state index is 0.123. The van der Waals surface area contributed by atoms with E-state index in [0.29, 0.717) is 45.1 Å². The first-order chi connectivity index (χ1) is 11.5. The number of halogens is 2. The monoisotopic (exact) mass is 382 g/mol. The van der Waals surface area contributed by atoms with Crippen molar-refractivity contribution in [1.29, 1.82) is 0 Å². The van der Waals surface area contributed by atoms with Crippen LogP contribution in [0.4, 0.5) is 0 Å². The fourth-order valence-corrected chi connectivity index (χ4v) is 4.19. The van der Waals surface area contributed by atoms with Gasteiger partial charge in [0.1, 0.15) is 5.52 Å². The minimum atomic E-state index is -0.123. The quantitative estimate of drug-likeness (QED) is 0.489. The molecule has 0 bridgehead atoms. The van der Waals surface area contributed by atoms with Gasteiger partial charge in [-0.25, -0.2) is 4.98 Å². The third kappa shape index (κ3) is 3.18. The van der Waals surface area contributed by atoms with Gasteiger partial charge in [0, 0.05) is 28.9 Å². The van der Waals surface area contributed by atoms with Gasteiger partial charge in [0.15, 0.2) is 10.7 Å². The van der Waals surface area contributed by atoms with Crippen molar-refractivity contribution in [2.24, 2.45) is 0 Å². The lowest BCUT2D eigenvalue weighted by molar-refractivity contribution is 0.630. The summed E-state index contributed by atoms with van der Waals surface area (Å²) in [6, 6.07) is 5.42. The highest BCUT2D eigenvalue weighted by molar-refractivity contribution is 7.98. The number of fused-ring (bicyclic) bond motifs is 1. The third-order valence-corrected chi connectivity index (χ3v) is 5.40. The molecular formula is C16H16Cl2N4OS. The van der Waals surface area contributed by atoms with Crippen LogP contribution < -0.4 is 5.56 Å². The fourth-order valence-electron chi connectivity index (χ4n) is 2.38. The highest BCUT2D eigenvalue weighted by Gasteiger charge is 2.15. The van der Waals surface area contributed by atoms with Crippen LogP contribution in [0.15, 0.2) is 34.3 Å². The van der Waals surface area contributed by atoms with Gasteiger partial charge in [0.25, 0.3) is 5.56 Å². The van der Waals surface area contributed by atoms with E-state index >= 15 is 0 Å². The van der Waals surface area contributed by atoms with Crippen LogP contribution in [0, 0.1) is 0 Å². The van der Waals surface area contributed by atoms with Crippen LogP contribution in [0.3, 0.4) is 0 Å². The smallest absolute Gasteiger partial charge is 0.282 e. The lowest BCUT2D eigenvalue weighted by Gasteiger charge is -2.10. The molecule has 3 aromatic rings. The Kier molecular flexibility index (Phi) is 5.18. The predicted molar refractivity (Wildman–Crippen MR) is 99.2 cm³/mol. The molecule has 0 fully saturated rings. The summed E-state index contributed by atoms with van der Waals surface area (Å²) >= 11 is 13.9. The van der Waals surface area contributed by atoms with Crippen molar-refractivity contribution in [3.63, 3.8) is 0 Å². The Hall–Kier alpha value is -1.50. The van der Waals surface area contributed by atoms with Gasteiger partial charge >= 0.3 is 0 Å². The van der Waals surface area contributed by atoms with Crippen molar-refractivity contribution in [2.75, 3.05) is 0 Å². The lowest BCUT2D eigenvalue weighted by atomic mass is 10.2. The van der Waals surface area contributed by atoms with Gasteiger partial charge < -0.3 is 0 Å². The first kappa shape index (κ1) is 17.3. The zero-order valence-electron chi connectivity index (χ0n) is 13.3. The molecule has 0 unspecified atom stereocenters. The molecule has 0 radical (unpaired) electrons. The van der Waals surface area contributed by atoms with Crippen molar-refractivity contribution in [2.45, 2.75) is 37.8 Å². The molecule has 0 aliphatic rings. The summed E-state index contributed by atoms with van der Waals surface area (Å²) in [4.78, 5) is 17.2. The maximum absolute atomic E-state index is 12.6.